The summed E-state index contributed by atoms with van der Waals surface area (Å²) in [5.74, 6) is 2.63. The van der Waals surface area contributed by atoms with Crippen molar-refractivity contribution in [2.24, 2.45) is 0 Å². The van der Waals surface area contributed by atoms with Crippen LogP contribution in [0.25, 0.3) is 0 Å². The molecule has 0 unspecified atom stereocenters. The number of benzene rings is 1. The zero-order valence-corrected chi connectivity index (χ0v) is 9.69. The summed E-state index contributed by atoms with van der Waals surface area (Å²) in [6, 6.07) is 4.57. The quantitative estimate of drug-likeness (QED) is 0.395. The Balaban J connectivity index is 2.98. The smallest absolute Gasteiger partial charge is 0.146 e. The third-order valence-corrected chi connectivity index (χ3v) is 2.45. The number of anilines is 1. The number of hydrogen-bond acceptors (Lipinski definition) is 1. The predicted molar refractivity (Wildman–Crippen MR) is 61.0 cm³/mol. The van der Waals surface area contributed by atoms with Gasteiger partial charge in [-0.3, -0.25) is 0 Å². The van der Waals surface area contributed by atoms with Gasteiger partial charge in [0.2, 0.25) is 0 Å². The summed E-state index contributed by atoms with van der Waals surface area (Å²) in [5, 5.41) is 0. The minimum Gasteiger partial charge on any atom is -0.396 e. The van der Waals surface area contributed by atoms with Gasteiger partial charge in [-0.15, -0.1) is 5.54 Å². The number of rotatable bonds is 0. The third-order valence-electron chi connectivity index (χ3n) is 1.58. The van der Waals surface area contributed by atoms with Gasteiger partial charge in [-0.1, -0.05) is 25.6 Å². The molecule has 0 fully saturated rings. The molecule has 1 rings (SSSR count). The van der Waals surface area contributed by atoms with Crippen LogP contribution in [-0.2, 0) is 0 Å². The van der Waals surface area contributed by atoms with Crippen molar-refractivity contribution in [3.63, 3.8) is 0 Å². The van der Waals surface area contributed by atoms with E-state index in [4.69, 9.17) is 5.73 Å². The molecule has 0 saturated carbocycles. The highest BCUT2D eigenvalue weighted by molar-refractivity contribution is 6.83. The van der Waals surface area contributed by atoms with Crippen molar-refractivity contribution in [2.75, 3.05) is 5.73 Å². The van der Waals surface area contributed by atoms with Crippen molar-refractivity contribution >= 4 is 13.8 Å². The largest absolute Gasteiger partial charge is 0.396 e. The summed E-state index contributed by atoms with van der Waals surface area (Å²) in [6.07, 6.45) is 0. The fourth-order valence-electron chi connectivity index (χ4n) is 0.881. The number of halogens is 1. The van der Waals surface area contributed by atoms with E-state index < -0.39 is 8.07 Å². The van der Waals surface area contributed by atoms with Crippen LogP contribution in [0.4, 0.5) is 10.1 Å². The van der Waals surface area contributed by atoms with Gasteiger partial charge < -0.3 is 5.73 Å². The van der Waals surface area contributed by atoms with Gasteiger partial charge in [0.05, 0.1) is 5.69 Å². The van der Waals surface area contributed by atoms with E-state index in [1.54, 1.807) is 12.1 Å². The number of nitrogen functional groups attached to an aromatic ring is 1. The van der Waals surface area contributed by atoms with Crippen LogP contribution in [0.5, 0.6) is 0 Å². The van der Waals surface area contributed by atoms with E-state index in [9.17, 15) is 4.39 Å². The van der Waals surface area contributed by atoms with Crippen LogP contribution < -0.4 is 5.73 Å². The maximum absolute atomic E-state index is 12.8. The van der Waals surface area contributed by atoms with Crippen molar-refractivity contribution < 1.29 is 4.39 Å². The highest BCUT2D eigenvalue weighted by atomic mass is 28.3. The molecule has 0 spiro atoms. The minimum absolute atomic E-state index is 0.160. The fourth-order valence-corrected chi connectivity index (χ4v) is 1.40. The van der Waals surface area contributed by atoms with Crippen molar-refractivity contribution in [1.29, 1.82) is 0 Å². The van der Waals surface area contributed by atoms with E-state index in [0.717, 1.165) is 5.56 Å². The molecule has 0 aliphatic carbocycles. The molecule has 1 aromatic rings. The molecule has 1 nitrogen and oxygen atoms in total. The molecule has 0 aliphatic rings. The van der Waals surface area contributed by atoms with Crippen LogP contribution in [0, 0.1) is 17.3 Å². The van der Waals surface area contributed by atoms with Crippen LogP contribution in [0.2, 0.25) is 19.6 Å². The molecule has 0 saturated heterocycles. The fraction of sp³-hybridized carbons (Fsp3) is 0.273. The second-order valence-electron chi connectivity index (χ2n) is 4.24. The van der Waals surface area contributed by atoms with Crippen molar-refractivity contribution in [1.82, 2.24) is 0 Å². The molecule has 0 bridgehead atoms. The average Bonchev–Trinajstić information content (AvgIpc) is 2.06. The molecular formula is C11H14FNSi. The van der Waals surface area contributed by atoms with Gasteiger partial charge in [0.25, 0.3) is 0 Å². The molecule has 0 aromatic heterocycles. The van der Waals surface area contributed by atoms with Crippen LogP contribution >= 0.6 is 0 Å². The van der Waals surface area contributed by atoms with Crippen LogP contribution in [0.3, 0.4) is 0 Å². The summed E-state index contributed by atoms with van der Waals surface area (Å²) in [5.41, 5.74) is 9.57. The maximum atomic E-state index is 12.8. The Morgan fingerprint density at radius 2 is 1.93 bits per heavy atom. The first-order chi connectivity index (χ1) is 6.38. The van der Waals surface area contributed by atoms with Crippen molar-refractivity contribution in [3.05, 3.63) is 29.6 Å². The number of hydrogen-bond donors (Lipinski definition) is 1. The van der Waals surface area contributed by atoms with E-state index in [1.165, 1.54) is 6.07 Å². The first kappa shape index (κ1) is 10.8. The molecule has 2 N–H and O–H groups in total. The molecule has 0 aliphatic heterocycles. The Bertz CT molecular complexity index is 396. The SMILES string of the molecule is C[Si](C)(C)C#Cc1ccc(F)c(N)c1. The zero-order chi connectivity index (χ0) is 10.8. The summed E-state index contributed by atoms with van der Waals surface area (Å²) < 4.78 is 12.8. The summed E-state index contributed by atoms with van der Waals surface area (Å²) in [6.45, 7) is 6.48. The van der Waals surface area contributed by atoms with Gasteiger partial charge in [0.1, 0.15) is 13.9 Å². The first-order valence-corrected chi connectivity index (χ1v) is 7.97. The highest BCUT2D eigenvalue weighted by Crippen LogP contribution is 2.11. The van der Waals surface area contributed by atoms with Gasteiger partial charge in [-0.25, -0.2) is 4.39 Å². The summed E-state index contributed by atoms with van der Waals surface area (Å²) in [7, 11) is -1.37. The Morgan fingerprint density at radius 3 is 2.43 bits per heavy atom. The molecule has 74 valence electrons. The lowest BCUT2D eigenvalue weighted by atomic mass is 10.2. The van der Waals surface area contributed by atoms with Gasteiger partial charge in [0, 0.05) is 5.56 Å². The Hall–Kier alpha value is -1.27. The summed E-state index contributed by atoms with van der Waals surface area (Å²) in [4.78, 5) is 0. The van der Waals surface area contributed by atoms with E-state index in [-0.39, 0.29) is 11.5 Å². The lowest BCUT2D eigenvalue weighted by Crippen LogP contribution is -2.16. The maximum Gasteiger partial charge on any atom is 0.146 e. The Morgan fingerprint density at radius 1 is 1.29 bits per heavy atom. The van der Waals surface area contributed by atoms with Crippen LogP contribution in [0.15, 0.2) is 18.2 Å². The monoisotopic (exact) mass is 207 g/mol. The van der Waals surface area contributed by atoms with Crippen molar-refractivity contribution in [2.45, 2.75) is 19.6 Å². The molecule has 3 heteroatoms. The lowest BCUT2D eigenvalue weighted by Gasteiger charge is -2.03. The van der Waals surface area contributed by atoms with Crippen LogP contribution in [-0.4, -0.2) is 8.07 Å². The first-order valence-electron chi connectivity index (χ1n) is 4.47. The predicted octanol–water partition coefficient (Wildman–Crippen LogP) is 2.64. The summed E-state index contributed by atoms with van der Waals surface area (Å²) >= 11 is 0. The molecule has 14 heavy (non-hydrogen) atoms. The molecular weight excluding hydrogens is 193 g/mol. The minimum atomic E-state index is -1.37. The number of nitrogens with two attached hydrogens (primary N) is 1. The van der Waals surface area contributed by atoms with Gasteiger partial charge in [0.15, 0.2) is 0 Å². The average molecular weight is 207 g/mol. The lowest BCUT2D eigenvalue weighted by molar-refractivity contribution is 0.632. The van der Waals surface area contributed by atoms with E-state index >= 15 is 0 Å². The standard InChI is InChI=1S/C11H14FNSi/c1-14(2,3)7-6-9-4-5-10(12)11(13)8-9/h4-5,8H,13H2,1-3H3. The topological polar surface area (TPSA) is 26.0 Å². The molecule has 0 amide bonds. The Labute approximate surface area is 85.1 Å². The van der Waals surface area contributed by atoms with E-state index in [2.05, 4.69) is 31.1 Å². The third kappa shape index (κ3) is 3.23. The normalized spacial score (nSPS) is 10.6. The molecule has 0 atom stereocenters. The van der Waals surface area contributed by atoms with Gasteiger partial charge in [-0.2, -0.15) is 0 Å². The van der Waals surface area contributed by atoms with Crippen molar-refractivity contribution in [3.8, 4) is 11.5 Å². The zero-order valence-electron chi connectivity index (χ0n) is 8.69. The van der Waals surface area contributed by atoms with E-state index in [0.29, 0.717) is 0 Å². The molecule has 0 radical (unpaired) electrons. The van der Waals surface area contributed by atoms with E-state index in [1.807, 2.05) is 0 Å². The molecule has 0 heterocycles. The Kier molecular flexibility index (Phi) is 2.97. The molecule has 1 aromatic carbocycles. The van der Waals surface area contributed by atoms with Gasteiger partial charge >= 0.3 is 0 Å². The van der Waals surface area contributed by atoms with Crippen LogP contribution in [0.1, 0.15) is 5.56 Å². The second kappa shape index (κ2) is 3.85. The second-order valence-corrected chi connectivity index (χ2v) is 8.99. The van der Waals surface area contributed by atoms with Gasteiger partial charge in [-0.05, 0) is 18.2 Å². The highest BCUT2D eigenvalue weighted by Gasteiger charge is 2.07.